The number of esters is 1. The molecular formula is C15H17N5O3S. The molecule has 1 aromatic carbocycles. The molecule has 0 fully saturated rings. The summed E-state index contributed by atoms with van der Waals surface area (Å²) < 4.78 is 4.72. The van der Waals surface area contributed by atoms with Crippen LogP contribution in [0.15, 0.2) is 35.7 Å². The molecule has 2 rings (SSSR count). The molecule has 0 radical (unpaired) electrons. The lowest BCUT2D eigenvalue weighted by Gasteiger charge is -2.15. The summed E-state index contributed by atoms with van der Waals surface area (Å²) in [5, 5.41) is 2.67. The first-order valence-electron chi connectivity index (χ1n) is 7.14. The third-order valence-corrected chi connectivity index (χ3v) is 4.31. The molecule has 2 aromatic rings. The van der Waals surface area contributed by atoms with E-state index in [2.05, 4.69) is 20.3 Å². The molecular weight excluding hydrogens is 330 g/mol. The number of carbonyl (C=O) groups is 2. The van der Waals surface area contributed by atoms with Gasteiger partial charge in [0.15, 0.2) is 5.16 Å². The first-order chi connectivity index (χ1) is 11.5. The molecule has 1 heterocycles. The molecule has 0 bridgehead atoms. The van der Waals surface area contributed by atoms with Crippen molar-refractivity contribution in [1.82, 2.24) is 15.0 Å². The predicted octanol–water partition coefficient (Wildman–Crippen LogP) is 1.75. The Bertz CT molecular complexity index is 741. The zero-order valence-corrected chi connectivity index (χ0v) is 14.0. The lowest BCUT2D eigenvalue weighted by atomic mass is 10.1. The molecule has 8 nitrogen and oxygen atoms in total. The molecule has 24 heavy (non-hydrogen) atoms. The second-order valence-electron chi connectivity index (χ2n) is 4.67. The molecule has 1 unspecified atom stereocenters. The quantitative estimate of drug-likeness (QED) is 0.599. The van der Waals surface area contributed by atoms with Crippen LogP contribution in [-0.2, 0) is 9.53 Å². The zero-order chi connectivity index (χ0) is 17.5. The molecule has 1 amide bonds. The number of nitrogens with two attached hydrogens (primary N) is 1. The summed E-state index contributed by atoms with van der Waals surface area (Å²) in [5.41, 5.74) is 6.20. The van der Waals surface area contributed by atoms with E-state index in [9.17, 15) is 9.59 Å². The summed E-state index contributed by atoms with van der Waals surface area (Å²) in [5.74, 6) is -0.687. The van der Waals surface area contributed by atoms with Crippen LogP contribution in [-0.4, -0.2) is 39.2 Å². The van der Waals surface area contributed by atoms with Crippen LogP contribution in [0.5, 0.6) is 0 Å². The first kappa shape index (κ1) is 17.7. The van der Waals surface area contributed by atoms with Crippen LogP contribution < -0.4 is 11.1 Å². The number of aromatic nitrogens is 3. The van der Waals surface area contributed by atoms with Crippen LogP contribution in [0, 0.1) is 0 Å². The molecule has 126 valence electrons. The number of hydrogen-bond donors (Lipinski definition) is 2. The standard InChI is InChI=1S/C15H17N5O3S/c1-3-11(24-15-18-8-17-14(16)20-15)12(21)19-10-7-5-4-6-9(10)13(22)23-2/h4-8,11H,3H2,1-2H3,(H,19,21)(H2,16,17,18,20). The number of nitrogens with zero attached hydrogens (tertiary/aromatic N) is 3. The van der Waals surface area contributed by atoms with Crippen molar-refractivity contribution in [1.29, 1.82) is 0 Å². The molecule has 1 atom stereocenters. The number of benzene rings is 1. The maximum Gasteiger partial charge on any atom is 0.339 e. The van der Waals surface area contributed by atoms with Gasteiger partial charge in [0.05, 0.1) is 23.6 Å². The summed E-state index contributed by atoms with van der Waals surface area (Å²) >= 11 is 1.18. The number of hydrogen-bond acceptors (Lipinski definition) is 8. The average Bonchev–Trinajstić information content (AvgIpc) is 2.59. The van der Waals surface area contributed by atoms with Crippen molar-refractivity contribution in [3.05, 3.63) is 36.2 Å². The zero-order valence-electron chi connectivity index (χ0n) is 13.2. The SMILES string of the molecule is CCC(Sc1ncnc(N)n1)C(=O)Nc1ccccc1C(=O)OC. The largest absolute Gasteiger partial charge is 0.465 e. The van der Waals surface area contributed by atoms with E-state index >= 15 is 0 Å². The number of ether oxygens (including phenoxy) is 1. The number of rotatable bonds is 6. The van der Waals surface area contributed by atoms with Gasteiger partial charge in [-0.2, -0.15) is 4.98 Å². The average molecular weight is 347 g/mol. The van der Waals surface area contributed by atoms with Gasteiger partial charge < -0.3 is 15.8 Å². The molecule has 0 aliphatic rings. The molecule has 3 N–H and O–H groups in total. The molecule has 0 aliphatic carbocycles. The van der Waals surface area contributed by atoms with E-state index in [-0.39, 0.29) is 17.4 Å². The fourth-order valence-corrected chi connectivity index (χ4v) is 2.73. The van der Waals surface area contributed by atoms with Gasteiger partial charge in [0.25, 0.3) is 0 Å². The second-order valence-corrected chi connectivity index (χ2v) is 5.84. The highest BCUT2D eigenvalue weighted by Gasteiger charge is 2.21. The van der Waals surface area contributed by atoms with Crippen molar-refractivity contribution < 1.29 is 14.3 Å². The van der Waals surface area contributed by atoms with Crippen LogP contribution >= 0.6 is 11.8 Å². The van der Waals surface area contributed by atoms with Gasteiger partial charge in [-0.1, -0.05) is 30.8 Å². The van der Waals surface area contributed by atoms with E-state index in [1.807, 2.05) is 6.92 Å². The van der Waals surface area contributed by atoms with Crippen LogP contribution in [0.1, 0.15) is 23.7 Å². The van der Waals surface area contributed by atoms with E-state index in [1.165, 1.54) is 25.2 Å². The second kappa shape index (κ2) is 8.25. The minimum Gasteiger partial charge on any atom is -0.465 e. The van der Waals surface area contributed by atoms with Crippen LogP contribution in [0.25, 0.3) is 0 Å². The number of amides is 1. The summed E-state index contributed by atoms with van der Waals surface area (Å²) in [6.45, 7) is 1.87. The Morgan fingerprint density at radius 3 is 2.75 bits per heavy atom. The molecule has 0 aliphatic heterocycles. The lowest BCUT2D eigenvalue weighted by molar-refractivity contribution is -0.115. The summed E-state index contributed by atoms with van der Waals surface area (Å²) in [6.07, 6.45) is 1.84. The number of nitrogen functional groups attached to an aromatic ring is 1. The first-order valence-corrected chi connectivity index (χ1v) is 8.02. The summed E-state index contributed by atoms with van der Waals surface area (Å²) in [7, 11) is 1.29. The topological polar surface area (TPSA) is 120 Å². The summed E-state index contributed by atoms with van der Waals surface area (Å²) in [4.78, 5) is 35.9. The van der Waals surface area contributed by atoms with Crippen LogP contribution in [0.4, 0.5) is 11.6 Å². The van der Waals surface area contributed by atoms with Crippen LogP contribution in [0.2, 0.25) is 0 Å². The van der Waals surface area contributed by atoms with Crippen molar-refractivity contribution in [3.8, 4) is 0 Å². The van der Waals surface area contributed by atoms with Crippen molar-refractivity contribution in [2.24, 2.45) is 0 Å². The fraction of sp³-hybridized carbons (Fsp3) is 0.267. The van der Waals surface area contributed by atoms with E-state index in [4.69, 9.17) is 10.5 Å². The molecule has 0 spiro atoms. The van der Waals surface area contributed by atoms with Crippen molar-refractivity contribution in [2.45, 2.75) is 23.8 Å². The molecule has 0 saturated carbocycles. The van der Waals surface area contributed by atoms with Gasteiger partial charge in [0.1, 0.15) is 6.33 Å². The Morgan fingerprint density at radius 2 is 2.08 bits per heavy atom. The number of para-hydroxylation sites is 1. The number of carbonyl (C=O) groups excluding carboxylic acids is 2. The highest BCUT2D eigenvalue weighted by molar-refractivity contribution is 8.00. The Hall–Kier alpha value is -2.68. The maximum absolute atomic E-state index is 12.5. The fourth-order valence-electron chi connectivity index (χ4n) is 1.89. The summed E-state index contributed by atoms with van der Waals surface area (Å²) in [6, 6.07) is 6.65. The Kier molecular flexibility index (Phi) is 6.07. The highest BCUT2D eigenvalue weighted by Crippen LogP contribution is 2.24. The van der Waals surface area contributed by atoms with Gasteiger partial charge in [-0.05, 0) is 18.6 Å². The third-order valence-electron chi connectivity index (χ3n) is 3.07. The molecule has 1 aromatic heterocycles. The smallest absolute Gasteiger partial charge is 0.339 e. The van der Waals surface area contributed by atoms with E-state index in [0.717, 1.165) is 0 Å². The maximum atomic E-state index is 12.5. The Morgan fingerprint density at radius 1 is 1.33 bits per heavy atom. The molecule has 0 saturated heterocycles. The van der Waals surface area contributed by atoms with Gasteiger partial charge >= 0.3 is 5.97 Å². The van der Waals surface area contributed by atoms with Crippen molar-refractivity contribution in [2.75, 3.05) is 18.2 Å². The number of nitrogens with one attached hydrogen (secondary N) is 1. The van der Waals surface area contributed by atoms with E-state index < -0.39 is 11.2 Å². The van der Waals surface area contributed by atoms with Gasteiger partial charge in [0, 0.05) is 0 Å². The number of methoxy groups -OCH3 is 1. The van der Waals surface area contributed by atoms with E-state index in [0.29, 0.717) is 17.3 Å². The van der Waals surface area contributed by atoms with E-state index in [1.54, 1.807) is 24.3 Å². The minimum atomic E-state index is -0.517. The monoisotopic (exact) mass is 347 g/mol. The third kappa shape index (κ3) is 4.42. The predicted molar refractivity (Wildman–Crippen MR) is 90.6 cm³/mol. The molecule has 9 heteroatoms. The van der Waals surface area contributed by atoms with Gasteiger partial charge in [-0.15, -0.1) is 0 Å². The number of anilines is 2. The normalized spacial score (nSPS) is 11.6. The number of thioether (sulfide) groups is 1. The van der Waals surface area contributed by atoms with Gasteiger partial charge in [-0.25, -0.2) is 14.8 Å². The van der Waals surface area contributed by atoms with Crippen LogP contribution in [0.3, 0.4) is 0 Å². The Balaban J connectivity index is 2.14. The van der Waals surface area contributed by atoms with Crippen molar-refractivity contribution in [3.63, 3.8) is 0 Å². The van der Waals surface area contributed by atoms with Gasteiger partial charge in [0.2, 0.25) is 11.9 Å². The van der Waals surface area contributed by atoms with Gasteiger partial charge in [-0.3, -0.25) is 4.79 Å². The lowest BCUT2D eigenvalue weighted by Crippen LogP contribution is -2.26. The Labute approximate surface area is 143 Å². The highest BCUT2D eigenvalue weighted by atomic mass is 32.2. The minimum absolute atomic E-state index is 0.0961. The van der Waals surface area contributed by atoms with Crippen molar-refractivity contribution >= 4 is 35.3 Å².